The second kappa shape index (κ2) is 7.40. The predicted octanol–water partition coefficient (Wildman–Crippen LogP) is 3.09. The van der Waals surface area contributed by atoms with Gasteiger partial charge in [0.05, 0.1) is 0 Å². The molecule has 0 fully saturated rings. The molecule has 0 N–H and O–H groups in total. The van der Waals surface area contributed by atoms with Crippen molar-refractivity contribution in [2.24, 2.45) is 7.05 Å². The first-order valence-electron chi connectivity index (χ1n) is 4.24. The van der Waals surface area contributed by atoms with Crippen LogP contribution in [0.1, 0.15) is 5.69 Å². The van der Waals surface area contributed by atoms with E-state index in [1.807, 2.05) is 31.3 Å². The molecule has 92 valence electrons. The fraction of sp³-hybridized carbons (Fsp3) is 0.154. The number of aryl methyl sites for hydroxylation is 1. The Hall–Kier alpha value is -0.882. The van der Waals surface area contributed by atoms with Crippen LogP contribution in [0.2, 0.25) is 0 Å². The van der Waals surface area contributed by atoms with Gasteiger partial charge >= 0.3 is 0 Å². The molecule has 0 aliphatic heterocycles. The third-order valence-corrected chi connectivity index (χ3v) is 2.19. The summed E-state index contributed by atoms with van der Waals surface area (Å²) in [7, 11) is 2.02. The number of rotatable bonds is 1. The van der Waals surface area contributed by atoms with Gasteiger partial charge < -0.3 is 24.4 Å². The van der Waals surface area contributed by atoms with Gasteiger partial charge in [-0.05, 0) is 18.8 Å². The minimum atomic E-state index is 0. The van der Waals surface area contributed by atoms with E-state index >= 15 is 0 Å². The smallest absolute Gasteiger partial charge is 0.0125 e. The summed E-state index contributed by atoms with van der Waals surface area (Å²) in [5.41, 5.74) is 3.21. The number of pyridine rings is 1. The van der Waals surface area contributed by atoms with Gasteiger partial charge in [-0.25, -0.2) is 0 Å². The quantitative estimate of drug-likeness (QED) is 0.678. The molecule has 0 saturated carbocycles. The molecular formula is C13H17N2Pt-3. The van der Waals surface area contributed by atoms with Crippen LogP contribution in [-0.2, 0) is 28.1 Å². The van der Waals surface area contributed by atoms with Crippen molar-refractivity contribution in [2.45, 2.75) is 6.92 Å². The first-order valence-corrected chi connectivity index (χ1v) is 4.24. The maximum atomic E-state index is 4.27. The molecule has 0 amide bonds. The van der Waals surface area contributed by atoms with Crippen molar-refractivity contribution in [2.75, 3.05) is 0 Å². The van der Waals surface area contributed by atoms with E-state index in [4.69, 9.17) is 0 Å². The summed E-state index contributed by atoms with van der Waals surface area (Å²) in [6.45, 7) is 2.06. The van der Waals surface area contributed by atoms with Crippen molar-refractivity contribution < 1.29 is 21.1 Å². The third-order valence-electron chi connectivity index (χ3n) is 2.19. The first-order chi connectivity index (χ1) is 6.29. The topological polar surface area (TPSA) is 17.8 Å². The van der Waals surface area contributed by atoms with Crippen molar-refractivity contribution in [3.05, 3.63) is 57.1 Å². The average molecular weight is 396 g/mol. The second-order valence-corrected chi connectivity index (χ2v) is 3.05. The fourth-order valence-corrected chi connectivity index (χ4v) is 1.29. The molecule has 0 aliphatic carbocycles. The van der Waals surface area contributed by atoms with Crippen LogP contribution in [0.3, 0.4) is 0 Å². The van der Waals surface area contributed by atoms with Gasteiger partial charge in [0, 0.05) is 27.3 Å². The standard InChI is InChI=1S/C11H11N2.2CH3.Pt/c1-9-6-7-11(13(9)2)10-5-3-4-8-12-10;;;/h3-6,8H,1-2H3;2*1H3;/q3*-1;. The Morgan fingerprint density at radius 1 is 1.25 bits per heavy atom. The monoisotopic (exact) mass is 396 g/mol. The summed E-state index contributed by atoms with van der Waals surface area (Å²) in [4.78, 5) is 4.27. The molecule has 2 rings (SSSR count). The summed E-state index contributed by atoms with van der Waals surface area (Å²) >= 11 is 0. The van der Waals surface area contributed by atoms with Crippen molar-refractivity contribution in [1.29, 1.82) is 0 Å². The molecule has 0 unspecified atom stereocenters. The van der Waals surface area contributed by atoms with Gasteiger partial charge in [0.2, 0.25) is 0 Å². The van der Waals surface area contributed by atoms with Gasteiger partial charge in [-0.3, -0.25) is 0 Å². The Bertz CT molecular complexity index is 407. The molecule has 0 aliphatic rings. The molecule has 0 atom stereocenters. The molecule has 2 aromatic rings. The van der Waals surface area contributed by atoms with Crippen LogP contribution in [0.15, 0.2) is 30.5 Å². The fourth-order valence-electron chi connectivity index (χ4n) is 1.29. The minimum absolute atomic E-state index is 0. The first kappa shape index (κ1) is 17.5. The maximum Gasteiger partial charge on any atom is 0.0125 e. The molecule has 3 heteroatoms. The number of hydrogen-bond acceptors (Lipinski definition) is 1. The maximum absolute atomic E-state index is 4.27. The van der Waals surface area contributed by atoms with E-state index < -0.39 is 0 Å². The van der Waals surface area contributed by atoms with Gasteiger partial charge in [0.15, 0.2) is 0 Å². The van der Waals surface area contributed by atoms with Crippen molar-refractivity contribution in [3.8, 4) is 11.4 Å². The summed E-state index contributed by atoms with van der Waals surface area (Å²) in [6, 6.07) is 11.1. The summed E-state index contributed by atoms with van der Waals surface area (Å²) in [5.74, 6) is 0. The van der Waals surface area contributed by atoms with E-state index in [0.717, 1.165) is 11.4 Å². The van der Waals surface area contributed by atoms with E-state index in [2.05, 4.69) is 22.5 Å². The Balaban J connectivity index is 0. The van der Waals surface area contributed by atoms with Crippen LogP contribution < -0.4 is 0 Å². The van der Waals surface area contributed by atoms with Crippen LogP contribution in [-0.4, -0.2) is 9.55 Å². The molecule has 2 aromatic heterocycles. The van der Waals surface area contributed by atoms with E-state index in [1.54, 1.807) is 6.20 Å². The zero-order chi connectivity index (χ0) is 9.26. The molecule has 2 nitrogen and oxygen atoms in total. The van der Waals surface area contributed by atoms with Crippen molar-refractivity contribution in [3.63, 3.8) is 0 Å². The minimum Gasteiger partial charge on any atom is -0.419 e. The van der Waals surface area contributed by atoms with Gasteiger partial charge in [-0.2, -0.15) is 12.1 Å². The van der Waals surface area contributed by atoms with Gasteiger partial charge in [-0.15, -0.1) is 0 Å². The van der Waals surface area contributed by atoms with E-state index in [0.29, 0.717) is 0 Å². The molecule has 0 bridgehead atoms. The normalized spacial score (nSPS) is 8.38. The van der Waals surface area contributed by atoms with Gasteiger partial charge in [0.25, 0.3) is 0 Å². The van der Waals surface area contributed by atoms with Gasteiger partial charge in [0.1, 0.15) is 0 Å². The van der Waals surface area contributed by atoms with Crippen LogP contribution in [0.4, 0.5) is 0 Å². The van der Waals surface area contributed by atoms with Gasteiger partial charge in [-0.1, -0.05) is 30.4 Å². The van der Waals surface area contributed by atoms with Crippen LogP contribution >= 0.6 is 0 Å². The molecule has 0 radical (unpaired) electrons. The van der Waals surface area contributed by atoms with Crippen molar-refractivity contribution >= 4 is 0 Å². The zero-order valence-electron chi connectivity index (χ0n) is 10.1. The molecule has 0 saturated heterocycles. The Morgan fingerprint density at radius 2 is 1.94 bits per heavy atom. The number of hydrogen-bond donors (Lipinski definition) is 0. The van der Waals surface area contributed by atoms with E-state index in [1.165, 1.54) is 5.69 Å². The summed E-state index contributed by atoms with van der Waals surface area (Å²) in [5, 5.41) is 0. The van der Waals surface area contributed by atoms with Crippen LogP contribution in [0.25, 0.3) is 11.4 Å². The van der Waals surface area contributed by atoms with E-state index in [9.17, 15) is 0 Å². The average Bonchev–Trinajstić information content (AvgIpc) is 2.49. The third kappa shape index (κ3) is 3.31. The van der Waals surface area contributed by atoms with Crippen LogP contribution in [0.5, 0.6) is 0 Å². The second-order valence-electron chi connectivity index (χ2n) is 3.05. The SMILES string of the molecule is Cc1c[c-]c(-c2ccccn2)n1C.[CH3-].[CH3-].[Pt]. The molecule has 0 aromatic carbocycles. The largest absolute Gasteiger partial charge is 0.419 e. The number of nitrogens with zero attached hydrogens (tertiary/aromatic N) is 2. The Morgan fingerprint density at radius 3 is 2.38 bits per heavy atom. The Kier molecular flexibility index (Phi) is 8.10. The Labute approximate surface area is 113 Å². The molecule has 0 spiro atoms. The van der Waals surface area contributed by atoms with Crippen LogP contribution in [0, 0.1) is 27.8 Å². The summed E-state index contributed by atoms with van der Waals surface area (Å²) in [6.07, 6.45) is 1.80. The number of aromatic nitrogens is 2. The van der Waals surface area contributed by atoms with Crippen molar-refractivity contribution in [1.82, 2.24) is 9.55 Å². The molecule has 16 heavy (non-hydrogen) atoms. The summed E-state index contributed by atoms with van der Waals surface area (Å²) < 4.78 is 2.09. The molecule has 2 heterocycles. The zero-order valence-corrected chi connectivity index (χ0v) is 12.4. The molecular weight excluding hydrogens is 379 g/mol. The van der Waals surface area contributed by atoms with E-state index in [-0.39, 0.29) is 35.9 Å². The predicted molar refractivity (Wildman–Crippen MR) is 65.0 cm³/mol.